The highest BCUT2D eigenvalue weighted by Gasteiger charge is 2.36. The molecule has 3 heteroatoms. The summed E-state index contributed by atoms with van der Waals surface area (Å²) < 4.78 is 4.65. The average molecular weight is 315 g/mol. The summed E-state index contributed by atoms with van der Waals surface area (Å²) in [6.45, 7) is 2.28. The summed E-state index contributed by atoms with van der Waals surface area (Å²) in [6.07, 6.45) is 16.8. The molecule has 1 aliphatic rings. The zero-order valence-electron chi connectivity index (χ0n) is 14.1. The van der Waals surface area contributed by atoms with Crippen LogP contribution in [0.25, 0.3) is 0 Å². The number of carbonyl (C=O) groups is 1. The van der Waals surface area contributed by atoms with Crippen molar-refractivity contribution in [2.24, 2.45) is 0 Å². The molecule has 0 amide bonds. The van der Waals surface area contributed by atoms with Gasteiger partial charge in [0, 0.05) is 16.9 Å². The first-order valence-electron chi connectivity index (χ1n) is 9.00. The first-order chi connectivity index (χ1) is 10.3. The number of rotatable bonds is 14. The van der Waals surface area contributed by atoms with Crippen molar-refractivity contribution in [3.63, 3.8) is 0 Å². The van der Waals surface area contributed by atoms with Gasteiger partial charge >= 0.3 is 5.97 Å². The minimum absolute atomic E-state index is 0.0624. The van der Waals surface area contributed by atoms with Gasteiger partial charge in [-0.3, -0.25) is 4.79 Å². The molecule has 0 bridgehead atoms. The normalized spacial score (nSPS) is 20.5. The van der Waals surface area contributed by atoms with Gasteiger partial charge in [-0.15, -0.1) is 0 Å². The third-order valence-electron chi connectivity index (χ3n) is 4.38. The van der Waals surface area contributed by atoms with Crippen LogP contribution in [-0.2, 0) is 9.53 Å². The predicted octanol–water partition coefficient (Wildman–Crippen LogP) is 5.73. The first-order valence-corrected chi connectivity index (χ1v) is 9.94. The van der Waals surface area contributed by atoms with E-state index in [1.165, 1.54) is 77.7 Å². The number of ether oxygens (including phenoxy) is 1. The van der Waals surface area contributed by atoms with Crippen LogP contribution in [0, 0.1) is 0 Å². The van der Waals surface area contributed by atoms with Crippen LogP contribution < -0.4 is 0 Å². The molecule has 1 fully saturated rings. The molecule has 124 valence electrons. The fourth-order valence-corrected chi connectivity index (χ4v) is 4.12. The van der Waals surface area contributed by atoms with Crippen LogP contribution in [0.4, 0.5) is 0 Å². The molecule has 0 aromatic rings. The van der Waals surface area contributed by atoms with Crippen LogP contribution >= 0.6 is 11.8 Å². The Kier molecular flexibility index (Phi) is 11.1. The highest BCUT2D eigenvalue weighted by atomic mass is 32.2. The zero-order valence-corrected chi connectivity index (χ0v) is 14.9. The smallest absolute Gasteiger partial charge is 0.305 e. The largest absolute Gasteiger partial charge is 0.469 e. The molecule has 21 heavy (non-hydrogen) atoms. The molecule has 0 saturated carbocycles. The minimum Gasteiger partial charge on any atom is -0.469 e. The van der Waals surface area contributed by atoms with E-state index in [2.05, 4.69) is 23.4 Å². The van der Waals surface area contributed by atoms with Crippen LogP contribution in [0.15, 0.2) is 0 Å². The monoisotopic (exact) mass is 314 g/mol. The molecule has 0 aromatic heterocycles. The Morgan fingerprint density at radius 1 is 0.857 bits per heavy atom. The Morgan fingerprint density at radius 2 is 1.38 bits per heavy atom. The number of carbonyl (C=O) groups excluding carboxylic acids is 1. The maximum absolute atomic E-state index is 11.0. The van der Waals surface area contributed by atoms with Gasteiger partial charge in [-0.1, -0.05) is 64.7 Å². The van der Waals surface area contributed by atoms with Gasteiger partial charge in [-0.05, 0) is 19.3 Å². The lowest BCUT2D eigenvalue weighted by atomic mass is 10.0. The standard InChI is InChI=1S/C18H34O2S/c1-3-4-5-6-7-8-10-13-16-17(21-16)14-11-9-12-15-18(19)20-2/h16-17H,3-15H2,1-2H3. The van der Waals surface area contributed by atoms with E-state index in [1.807, 2.05) is 0 Å². The lowest BCUT2D eigenvalue weighted by molar-refractivity contribution is -0.140. The molecule has 0 N–H and O–H groups in total. The maximum atomic E-state index is 11.0. The van der Waals surface area contributed by atoms with E-state index in [1.54, 1.807) is 0 Å². The van der Waals surface area contributed by atoms with Gasteiger partial charge in [-0.2, -0.15) is 11.8 Å². The van der Waals surface area contributed by atoms with Crippen molar-refractivity contribution in [3.8, 4) is 0 Å². The molecule has 0 aliphatic carbocycles. The molecular weight excluding hydrogens is 280 g/mol. The molecular formula is C18H34O2S. The van der Waals surface area contributed by atoms with Gasteiger partial charge in [0.1, 0.15) is 0 Å². The van der Waals surface area contributed by atoms with Crippen molar-refractivity contribution in [2.45, 2.75) is 101 Å². The van der Waals surface area contributed by atoms with Gasteiger partial charge in [0.15, 0.2) is 0 Å². The second-order valence-corrected chi connectivity index (χ2v) is 7.78. The summed E-state index contributed by atoms with van der Waals surface area (Å²) in [6, 6.07) is 0. The van der Waals surface area contributed by atoms with E-state index < -0.39 is 0 Å². The molecule has 0 aromatic carbocycles. The summed E-state index contributed by atoms with van der Waals surface area (Å²) in [5.74, 6) is -0.0624. The number of unbranched alkanes of at least 4 members (excludes halogenated alkanes) is 8. The van der Waals surface area contributed by atoms with Crippen molar-refractivity contribution in [1.82, 2.24) is 0 Å². The van der Waals surface area contributed by atoms with E-state index in [0.717, 1.165) is 16.9 Å². The minimum atomic E-state index is -0.0624. The summed E-state index contributed by atoms with van der Waals surface area (Å²) in [5, 5.41) is 1.89. The van der Waals surface area contributed by atoms with Crippen molar-refractivity contribution in [3.05, 3.63) is 0 Å². The van der Waals surface area contributed by atoms with Crippen LogP contribution in [-0.4, -0.2) is 23.6 Å². The highest BCUT2D eigenvalue weighted by molar-refractivity contribution is 8.07. The van der Waals surface area contributed by atoms with Crippen LogP contribution in [0.3, 0.4) is 0 Å². The highest BCUT2D eigenvalue weighted by Crippen LogP contribution is 2.47. The molecule has 0 spiro atoms. The molecule has 2 nitrogen and oxygen atoms in total. The summed E-state index contributed by atoms with van der Waals surface area (Å²) >= 11 is 2.19. The molecule has 1 heterocycles. The van der Waals surface area contributed by atoms with Crippen molar-refractivity contribution in [1.29, 1.82) is 0 Å². The SMILES string of the molecule is CCCCCCCCCC1SC1CCCCCC(=O)OC. The fourth-order valence-electron chi connectivity index (χ4n) is 2.88. The predicted molar refractivity (Wildman–Crippen MR) is 92.9 cm³/mol. The van der Waals surface area contributed by atoms with E-state index in [4.69, 9.17) is 0 Å². The zero-order chi connectivity index (χ0) is 15.3. The summed E-state index contributed by atoms with van der Waals surface area (Å²) in [4.78, 5) is 11.0. The molecule has 1 rings (SSSR count). The van der Waals surface area contributed by atoms with Gasteiger partial charge in [-0.25, -0.2) is 0 Å². The van der Waals surface area contributed by atoms with Crippen molar-refractivity contribution < 1.29 is 9.53 Å². The van der Waals surface area contributed by atoms with Crippen molar-refractivity contribution >= 4 is 17.7 Å². The number of hydrogen-bond donors (Lipinski definition) is 0. The molecule has 2 atom stereocenters. The second kappa shape index (κ2) is 12.4. The first kappa shape index (κ1) is 18.9. The van der Waals surface area contributed by atoms with Crippen LogP contribution in [0.5, 0.6) is 0 Å². The Balaban J connectivity index is 1.79. The van der Waals surface area contributed by atoms with Gasteiger partial charge in [0.05, 0.1) is 7.11 Å². The van der Waals surface area contributed by atoms with E-state index in [9.17, 15) is 4.79 Å². The van der Waals surface area contributed by atoms with Gasteiger partial charge in [0.2, 0.25) is 0 Å². The molecule has 1 saturated heterocycles. The Bertz CT molecular complexity index is 268. The quantitative estimate of drug-likeness (QED) is 0.232. The number of thioether (sulfide) groups is 1. The van der Waals surface area contributed by atoms with Gasteiger partial charge in [0.25, 0.3) is 0 Å². The van der Waals surface area contributed by atoms with E-state index in [0.29, 0.717) is 6.42 Å². The Hall–Kier alpha value is -0.180. The van der Waals surface area contributed by atoms with Crippen LogP contribution in [0.1, 0.15) is 90.4 Å². The van der Waals surface area contributed by atoms with Crippen molar-refractivity contribution in [2.75, 3.05) is 7.11 Å². The average Bonchev–Trinajstić information content (AvgIpc) is 3.24. The molecule has 0 radical (unpaired) electrons. The van der Waals surface area contributed by atoms with E-state index >= 15 is 0 Å². The second-order valence-electron chi connectivity index (χ2n) is 6.30. The molecule has 2 unspecified atom stereocenters. The third kappa shape index (κ3) is 10.2. The lowest BCUT2D eigenvalue weighted by Gasteiger charge is -2.01. The molecule has 1 aliphatic heterocycles. The number of methoxy groups -OCH3 is 1. The number of esters is 1. The Morgan fingerprint density at radius 3 is 1.95 bits per heavy atom. The van der Waals surface area contributed by atoms with Gasteiger partial charge < -0.3 is 4.74 Å². The number of hydrogen-bond acceptors (Lipinski definition) is 3. The third-order valence-corrected chi connectivity index (χ3v) is 5.89. The topological polar surface area (TPSA) is 26.3 Å². The summed E-state index contributed by atoms with van der Waals surface area (Å²) in [5.41, 5.74) is 0. The summed E-state index contributed by atoms with van der Waals surface area (Å²) in [7, 11) is 1.47. The Labute approximate surface area is 135 Å². The van der Waals surface area contributed by atoms with E-state index in [-0.39, 0.29) is 5.97 Å². The fraction of sp³-hybridized carbons (Fsp3) is 0.944. The van der Waals surface area contributed by atoms with Crippen LogP contribution in [0.2, 0.25) is 0 Å². The lowest BCUT2D eigenvalue weighted by Crippen LogP contribution is -1.99. The maximum Gasteiger partial charge on any atom is 0.305 e.